The van der Waals surface area contributed by atoms with Crippen molar-refractivity contribution < 1.29 is 13.6 Å². The van der Waals surface area contributed by atoms with Crippen LogP contribution in [0.4, 0.5) is 14.6 Å². The van der Waals surface area contributed by atoms with Gasteiger partial charge in [-0.15, -0.1) is 15.3 Å². The smallest absolute Gasteiger partial charge is 0.299 e. The summed E-state index contributed by atoms with van der Waals surface area (Å²) in [5.41, 5.74) is 0.258. The molecule has 2 aromatic heterocycles. The third-order valence-electron chi connectivity index (χ3n) is 4.46. The second kappa shape index (κ2) is 7.71. The molecular weight excluding hydrogens is 330 g/mol. The zero-order valence-electron chi connectivity index (χ0n) is 14.2. The quantitative estimate of drug-likeness (QED) is 0.826. The van der Waals surface area contributed by atoms with Gasteiger partial charge in [0.1, 0.15) is 5.82 Å². The number of likely N-dealkylation sites (tertiary alicyclic amines) is 1. The van der Waals surface area contributed by atoms with Crippen LogP contribution in [-0.2, 0) is 4.79 Å². The van der Waals surface area contributed by atoms with E-state index in [0.717, 1.165) is 43.3 Å². The summed E-state index contributed by atoms with van der Waals surface area (Å²) in [6.45, 7) is 4.20. The maximum Gasteiger partial charge on any atom is 0.299 e. The SMILES string of the molecule is CCN(CC(=O)N1CCCCCC1)c1ccc2nnc(C(F)F)n2n1. The van der Waals surface area contributed by atoms with E-state index < -0.39 is 12.2 Å². The van der Waals surface area contributed by atoms with Crippen molar-refractivity contribution in [3.63, 3.8) is 0 Å². The van der Waals surface area contributed by atoms with Gasteiger partial charge in [-0.1, -0.05) is 12.8 Å². The van der Waals surface area contributed by atoms with Crippen molar-refractivity contribution in [2.24, 2.45) is 0 Å². The van der Waals surface area contributed by atoms with E-state index >= 15 is 0 Å². The maximum atomic E-state index is 13.0. The Hall–Kier alpha value is -2.32. The molecular formula is C16H22F2N6O. The Bertz CT molecular complexity index is 726. The first-order valence-electron chi connectivity index (χ1n) is 8.63. The highest BCUT2D eigenvalue weighted by Gasteiger charge is 2.21. The molecule has 1 aliphatic rings. The molecule has 2 aromatic rings. The highest BCUT2D eigenvalue weighted by molar-refractivity contribution is 5.81. The number of hydrogen-bond acceptors (Lipinski definition) is 5. The van der Waals surface area contributed by atoms with Crippen molar-refractivity contribution in [2.45, 2.75) is 39.0 Å². The zero-order chi connectivity index (χ0) is 17.8. The number of anilines is 1. The van der Waals surface area contributed by atoms with Crippen molar-refractivity contribution in [3.8, 4) is 0 Å². The summed E-state index contributed by atoms with van der Waals surface area (Å²) >= 11 is 0. The molecule has 0 radical (unpaired) electrons. The summed E-state index contributed by atoms with van der Waals surface area (Å²) < 4.78 is 27.0. The molecule has 0 aliphatic carbocycles. The Labute approximate surface area is 144 Å². The summed E-state index contributed by atoms with van der Waals surface area (Å²) in [7, 11) is 0. The second-order valence-electron chi connectivity index (χ2n) is 6.13. The Morgan fingerprint density at radius 2 is 1.92 bits per heavy atom. The van der Waals surface area contributed by atoms with Gasteiger partial charge in [-0.05, 0) is 31.9 Å². The molecule has 0 saturated carbocycles. The Morgan fingerprint density at radius 1 is 1.20 bits per heavy atom. The van der Waals surface area contributed by atoms with E-state index in [4.69, 9.17) is 0 Å². The molecule has 0 spiro atoms. The van der Waals surface area contributed by atoms with Crippen molar-refractivity contribution >= 4 is 17.4 Å². The summed E-state index contributed by atoms with van der Waals surface area (Å²) in [5, 5.41) is 11.4. The second-order valence-corrected chi connectivity index (χ2v) is 6.13. The highest BCUT2D eigenvalue weighted by Crippen LogP contribution is 2.19. The third kappa shape index (κ3) is 3.85. The van der Waals surface area contributed by atoms with Crippen LogP contribution in [0, 0.1) is 0 Å². The van der Waals surface area contributed by atoms with Crippen LogP contribution in [-0.4, -0.2) is 56.8 Å². The van der Waals surface area contributed by atoms with Crippen molar-refractivity contribution in [1.82, 2.24) is 24.7 Å². The molecule has 3 rings (SSSR count). The van der Waals surface area contributed by atoms with Crippen LogP contribution in [0.5, 0.6) is 0 Å². The largest absolute Gasteiger partial charge is 0.346 e. The van der Waals surface area contributed by atoms with Gasteiger partial charge in [0.2, 0.25) is 11.7 Å². The number of aromatic nitrogens is 4. The Morgan fingerprint density at radius 3 is 2.56 bits per heavy atom. The van der Waals surface area contributed by atoms with Crippen LogP contribution in [0.1, 0.15) is 44.9 Å². The average Bonchev–Trinajstić information content (AvgIpc) is 2.84. The first-order valence-corrected chi connectivity index (χ1v) is 8.63. The lowest BCUT2D eigenvalue weighted by molar-refractivity contribution is -0.129. The predicted octanol–water partition coefficient (Wildman–Crippen LogP) is 2.29. The van der Waals surface area contributed by atoms with Crippen LogP contribution >= 0.6 is 0 Å². The number of halogens is 2. The molecule has 0 atom stereocenters. The number of rotatable bonds is 5. The molecule has 0 unspecified atom stereocenters. The van der Waals surface area contributed by atoms with Crippen molar-refractivity contribution in [3.05, 3.63) is 18.0 Å². The van der Waals surface area contributed by atoms with Crippen molar-refractivity contribution in [1.29, 1.82) is 0 Å². The van der Waals surface area contributed by atoms with E-state index in [-0.39, 0.29) is 18.1 Å². The highest BCUT2D eigenvalue weighted by atomic mass is 19.3. The number of fused-ring (bicyclic) bond motifs is 1. The number of carbonyl (C=O) groups is 1. The van der Waals surface area contributed by atoms with Gasteiger partial charge in [0, 0.05) is 19.6 Å². The van der Waals surface area contributed by atoms with Gasteiger partial charge in [0.05, 0.1) is 6.54 Å². The monoisotopic (exact) mass is 352 g/mol. The molecule has 136 valence electrons. The van der Waals surface area contributed by atoms with Crippen LogP contribution in [0.3, 0.4) is 0 Å². The molecule has 3 heterocycles. The van der Waals surface area contributed by atoms with Crippen molar-refractivity contribution in [2.75, 3.05) is 31.1 Å². The van der Waals surface area contributed by atoms with Crippen LogP contribution in [0.2, 0.25) is 0 Å². The van der Waals surface area contributed by atoms with E-state index in [0.29, 0.717) is 12.4 Å². The fourth-order valence-corrected chi connectivity index (χ4v) is 3.04. The summed E-state index contributed by atoms with van der Waals surface area (Å²) in [6.07, 6.45) is 1.61. The first kappa shape index (κ1) is 17.5. The first-order chi connectivity index (χ1) is 12.1. The van der Waals surface area contributed by atoms with Gasteiger partial charge in [-0.2, -0.15) is 4.52 Å². The number of nitrogens with zero attached hydrogens (tertiary/aromatic N) is 6. The van der Waals surface area contributed by atoms with E-state index in [9.17, 15) is 13.6 Å². The third-order valence-corrected chi connectivity index (χ3v) is 4.46. The molecule has 9 heteroatoms. The summed E-state index contributed by atoms with van der Waals surface area (Å²) in [6, 6.07) is 3.26. The topological polar surface area (TPSA) is 66.6 Å². The van der Waals surface area contributed by atoms with E-state index in [1.54, 1.807) is 17.0 Å². The molecule has 1 saturated heterocycles. The van der Waals surface area contributed by atoms with Gasteiger partial charge < -0.3 is 9.80 Å². The van der Waals surface area contributed by atoms with Crippen LogP contribution in [0.15, 0.2) is 12.1 Å². The Balaban J connectivity index is 1.79. The van der Waals surface area contributed by atoms with Gasteiger partial charge in [-0.25, -0.2) is 8.78 Å². The predicted molar refractivity (Wildman–Crippen MR) is 88.7 cm³/mol. The minimum absolute atomic E-state index is 0.0449. The number of alkyl halides is 2. The summed E-state index contributed by atoms with van der Waals surface area (Å²) in [4.78, 5) is 16.3. The number of carbonyl (C=O) groups excluding carboxylic acids is 1. The lowest BCUT2D eigenvalue weighted by atomic mass is 10.2. The van der Waals surface area contributed by atoms with Crippen LogP contribution in [0.25, 0.3) is 5.65 Å². The molecule has 0 bridgehead atoms. The number of likely N-dealkylation sites (N-methyl/N-ethyl adjacent to an activating group) is 1. The average molecular weight is 352 g/mol. The van der Waals surface area contributed by atoms with E-state index in [1.807, 2.05) is 11.8 Å². The molecule has 1 aliphatic heterocycles. The van der Waals surface area contributed by atoms with Gasteiger partial charge in [0.25, 0.3) is 6.43 Å². The molecule has 1 amide bonds. The van der Waals surface area contributed by atoms with E-state index in [1.165, 1.54) is 0 Å². The minimum Gasteiger partial charge on any atom is -0.346 e. The molecule has 7 nitrogen and oxygen atoms in total. The Kier molecular flexibility index (Phi) is 5.40. The van der Waals surface area contributed by atoms with Gasteiger partial charge in [0.15, 0.2) is 5.65 Å². The molecule has 0 N–H and O–H groups in total. The lowest BCUT2D eigenvalue weighted by Crippen LogP contribution is -2.41. The molecule has 25 heavy (non-hydrogen) atoms. The fraction of sp³-hybridized carbons (Fsp3) is 0.625. The number of hydrogen-bond donors (Lipinski definition) is 0. The minimum atomic E-state index is -2.76. The lowest BCUT2D eigenvalue weighted by Gasteiger charge is -2.26. The fourth-order valence-electron chi connectivity index (χ4n) is 3.04. The van der Waals surface area contributed by atoms with Gasteiger partial charge >= 0.3 is 0 Å². The zero-order valence-corrected chi connectivity index (χ0v) is 14.2. The maximum absolute atomic E-state index is 13.0. The molecule has 0 aromatic carbocycles. The normalized spacial score (nSPS) is 15.6. The van der Waals surface area contributed by atoms with Gasteiger partial charge in [-0.3, -0.25) is 4.79 Å². The van der Waals surface area contributed by atoms with Crippen LogP contribution < -0.4 is 4.90 Å². The standard InChI is InChI=1S/C16H22F2N6O/c1-2-22(11-14(25)23-9-5-3-4-6-10-23)13-8-7-12-19-20-16(15(17)18)24(12)21-13/h7-8,15H,2-6,9-11H2,1H3. The summed E-state index contributed by atoms with van der Waals surface area (Å²) in [5.74, 6) is 0.00936. The van der Waals surface area contributed by atoms with E-state index in [2.05, 4.69) is 15.3 Å². The molecule has 1 fully saturated rings. The number of amides is 1.